The van der Waals surface area contributed by atoms with Crippen molar-refractivity contribution in [1.29, 1.82) is 0 Å². The molecule has 0 spiro atoms. The molecule has 0 aliphatic carbocycles. The third-order valence-electron chi connectivity index (χ3n) is 2.85. The maximum absolute atomic E-state index is 11.6. The van der Waals surface area contributed by atoms with Crippen LogP contribution in [-0.2, 0) is 12.8 Å². The van der Waals surface area contributed by atoms with E-state index < -0.39 is 5.69 Å². The number of H-pyrrole nitrogens is 2. The highest BCUT2D eigenvalue weighted by Gasteiger charge is 2.08. The number of aromatic amines is 2. The molecule has 0 aliphatic rings. The van der Waals surface area contributed by atoms with Gasteiger partial charge in [-0.3, -0.25) is 9.78 Å². The van der Waals surface area contributed by atoms with Gasteiger partial charge in [0.25, 0.3) is 5.56 Å². The highest BCUT2D eigenvalue weighted by Crippen LogP contribution is 2.18. The fraction of sp³-hybridized carbons (Fsp3) is 0.333. The second-order valence-electron chi connectivity index (χ2n) is 3.74. The molecule has 0 saturated carbocycles. The average molecular weight is 218 g/mol. The average Bonchev–Trinajstić information content (AvgIpc) is 2.27. The fourth-order valence-corrected chi connectivity index (χ4v) is 2.07. The number of nitrogens with one attached hydrogen (secondary N) is 2. The molecule has 2 N–H and O–H groups in total. The number of rotatable bonds is 2. The van der Waals surface area contributed by atoms with Crippen LogP contribution in [0.1, 0.15) is 25.0 Å². The summed E-state index contributed by atoms with van der Waals surface area (Å²) in [6.45, 7) is 4.08. The van der Waals surface area contributed by atoms with Crippen molar-refractivity contribution in [3.05, 3.63) is 44.1 Å². The quantitative estimate of drug-likeness (QED) is 0.798. The Morgan fingerprint density at radius 1 is 1.06 bits per heavy atom. The molecule has 0 radical (unpaired) electrons. The van der Waals surface area contributed by atoms with E-state index in [4.69, 9.17) is 0 Å². The predicted molar refractivity (Wildman–Crippen MR) is 63.9 cm³/mol. The second kappa shape index (κ2) is 3.96. The topological polar surface area (TPSA) is 65.7 Å². The third-order valence-corrected chi connectivity index (χ3v) is 2.85. The zero-order valence-electron chi connectivity index (χ0n) is 9.39. The zero-order valence-corrected chi connectivity index (χ0v) is 9.39. The van der Waals surface area contributed by atoms with Gasteiger partial charge in [-0.2, -0.15) is 0 Å². The molecule has 0 unspecified atom stereocenters. The Kier molecular flexibility index (Phi) is 2.64. The maximum Gasteiger partial charge on any atom is 0.326 e. The fourth-order valence-electron chi connectivity index (χ4n) is 2.07. The van der Waals surface area contributed by atoms with Gasteiger partial charge in [0.05, 0.1) is 10.9 Å². The molecule has 1 aromatic heterocycles. The van der Waals surface area contributed by atoms with E-state index >= 15 is 0 Å². The molecule has 2 rings (SSSR count). The molecule has 0 aliphatic heterocycles. The number of hydrogen-bond donors (Lipinski definition) is 2. The van der Waals surface area contributed by atoms with Gasteiger partial charge in [-0.05, 0) is 30.0 Å². The van der Waals surface area contributed by atoms with Crippen molar-refractivity contribution >= 4 is 10.9 Å². The summed E-state index contributed by atoms with van der Waals surface area (Å²) in [5, 5.41) is 0.550. The van der Waals surface area contributed by atoms with E-state index in [2.05, 4.69) is 16.9 Å². The first-order chi connectivity index (χ1) is 7.67. The van der Waals surface area contributed by atoms with Crippen LogP contribution < -0.4 is 11.2 Å². The Labute approximate surface area is 92.3 Å². The summed E-state index contributed by atoms with van der Waals surface area (Å²) < 4.78 is 0. The first-order valence-electron chi connectivity index (χ1n) is 5.44. The lowest BCUT2D eigenvalue weighted by molar-refractivity contribution is 1.02. The van der Waals surface area contributed by atoms with Crippen LogP contribution in [0.15, 0.2) is 21.7 Å². The normalized spacial score (nSPS) is 10.9. The predicted octanol–water partition coefficient (Wildman–Crippen LogP) is 1.34. The van der Waals surface area contributed by atoms with Crippen molar-refractivity contribution in [1.82, 2.24) is 9.97 Å². The van der Waals surface area contributed by atoms with Crippen molar-refractivity contribution in [3.63, 3.8) is 0 Å². The van der Waals surface area contributed by atoms with Gasteiger partial charge in [0.2, 0.25) is 0 Å². The highest BCUT2D eigenvalue weighted by molar-refractivity contribution is 5.81. The van der Waals surface area contributed by atoms with E-state index in [1.54, 1.807) is 6.07 Å². The number of aryl methyl sites for hydroxylation is 2. The van der Waals surface area contributed by atoms with Gasteiger partial charge in [0.15, 0.2) is 0 Å². The second-order valence-corrected chi connectivity index (χ2v) is 3.74. The van der Waals surface area contributed by atoms with Crippen molar-refractivity contribution in [3.8, 4) is 0 Å². The smallest absolute Gasteiger partial charge is 0.307 e. The van der Waals surface area contributed by atoms with Gasteiger partial charge in [-0.25, -0.2) is 4.79 Å². The summed E-state index contributed by atoms with van der Waals surface area (Å²) in [6.07, 6.45) is 1.70. The van der Waals surface area contributed by atoms with Crippen LogP contribution in [0.2, 0.25) is 0 Å². The van der Waals surface area contributed by atoms with E-state index in [9.17, 15) is 9.59 Å². The standard InChI is InChI=1S/C12H14N2O2/c1-3-7-5-6-9-10(8(7)4-2)13-12(16)14-11(9)15/h5-6H,3-4H2,1-2H3,(H2,13,14,15,16). The van der Waals surface area contributed by atoms with Gasteiger partial charge in [0, 0.05) is 0 Å². The lowest BCUT2D eigenvalue weighted by Crippen LogP contribution is -2.22. The Morgan fingerprint density at radius 3 is 2.44 bits per heavy atom. The summed E-state index contributed by atoms with van der Waals surface area (Å²) in [5.74, 6) is 0. The van der Waals surface area contributed by atoms with E-state index in [0.29, 0.717) is 10.9 Å². The Balaban J connectivity index is 2.97. The molecular weight excluding hydrogens is 204 g/mol. The minimum absolute atomic E-state index is 0.323. The van der Waals surface area contributed by atoms with Crippen LogP contribution in [0.25, 0.3) is 10.9 Å². The van der Waals surface area contributed by atoms with Gasteiger partial charge < -0.3 is 4.98 Å². The van der Waals surface area contributed by atoms with Gasteiger partial charge in [0.1, 0.15) is 0 Å². The molecule has 0 saturated heterocycles. The van der Waals surface area contributed by atoms with Gasteiger partial charge in [-0.1, -0.05) is 19.9 Å². The Morgan fingerprint density at radius 2 is 1.81 bits per heavy atom. The summed E-state index contributed by atoms with van der Waals surface area (Å²) >= 11 is 0. The number of hydrogen-bond acceptors (Lipinski definition) is 2. The van der Waals surface area contributed by atoms with E-state index in [0.717, 1.165) is 18.4 Å². The minimum atomic E-state index is -0.444. The molecule has 0 amide bonds. The molecule has 1 heterocycles. The lowest BCUT2D eigenvalue weighted by Gasteiger charge is -2.08. The molecule has 0 fully saturated rings. The SMILES string of the molecule is CCc1ccc2c(=O)[nH]c(=O)[nH]c2c1CC. The van der Waals surface area contributed by atoms with E-state index in [-0.39, 0.29) is 5.56 Å². The number of fused-ring (bicyclic) bond motifs is 1. The van der Waals surface area contributed by atoms with Crippen LogP contribution in [0.4, 0.5) is 0 Å². The molecule has 1 aromatic carbocycles. The van der Waals surface area contributed by atoms with Crippen molar-refractivity contribution < 1.29 is 0 Å². The molecule has 4 nitrogen and oxygen atoms in total. The maximum atomic E-state index is 11.6. The van der Waals surface area contributed by atoms with Crippen molar-refractivity contribution in [2.45, 2.75) is 26.7 Å². The Hall–Kier alpha value is -1.84. The van der Waals surface area contributed by atoms with Crippen LogP contribution in [0.5, 0.6) is 0 Å². The molecular formula is C12H14N2O2. The molecule has 4 heteroatoms. The third kappa shape index (κ3) is 1.56. The number of benzene rings is 1. The molecule has 2 aromatic rings. The summed E-state index contributed by atoms with van der Waals surface area (Å²) in [5.41, 5.74) is 2.15. The Bertz CT molecular complexity index is 637. The van der Waals surface area contributed by atoms with Crippen LogP contribution in [-0.4, -0.2) is 9.97 Å². The minimum Gasteiger partial charge on any atom is -0.307 e. The van der Waals surface area contributed by atoms with Crippen LogP contribution in [0, 0.1) is 0 Å². The first kappa shape index (κ1) is 10.7. The lowest BCUT2D eigenvalue weighted by atomic mass is 10.00. The van der Waals surface area contributed by atoms with E-state index in [1.165, 1.54) is 5.56 Å². The highest BCUT2D eigenvalue weighted by atomic mass is 16.2. The first-order valence-corrected chi connectivity index (χ1v) is 5.44. The van der Waals surface area contributed by atoms with Crippen LogP contribution in [0.3, 0.4) is 0 Å². The monoisotopic (exact) mass is 218 g/mol. The molecule has 16 heavy (non-hydrogen) atoms. The summed E-state index contributed by atoms with van der Waals surface area (Å²) in [6, 6.07) is 3.72. The van der Waals surface area contributed by atoms with Crippen LogP contribution >= 0.6 is 0 Å². The van der Waals surface area contributed by atoms with Crippen molar-refractivity contribution in [2.75, 3.05) is 0 Å². The molecule has 0 bridgehead atoms. The van der Waals surface area contributed by atoms with Crippen molar-refractivity contribution in [2.24, 2.45) is 0 Å². The molecule has 84 valence electrons. The molecule has 0 atom stereocenters. The van der Waals surface area contributed by atoms with E-state index in [1.807, 2.05) is 13.0 Å². The summed E-state index contributed by atoms with van der Waals surface area (Å²) in [4.78, 5) is 27.8. The zero-order chi connectivity index (χ0) is 11.7. The number of aromatic nitrogens is 2. The summed E-state index contributed by atoms with van der Waals surface area (Å²) in [7, 11) is 0. The largest absolute Gasteiger partial charge is 0.326 e. The van der Waals surface area contributed by atoms with Gasteiger partial charge in [-0.15, -0.1) is 0 Å². The van der Waals surface area contributed by atoms with Gasteiger partial charge >= 0.3 is 5.69 Å².